The van der Waals surface area contributed by atoms with Crippen LogP contribution in [-0.2, 0) is 0 Å². The van der Waals surface area contributed by atoms with E-state index in [1.165, 1.54) is 51.2 Å². The highest BCUT2D eigenvalue weighted by atomic mass is 32.2. The van der Waals surface area contributed by atoms with E-state index in [2.05, 4.69) is 36.2 Å². The quantitative estimate of drug-likeness (QED) is 0.698. The van der Waals surface area contributed by atoms with Crippen LogP contribution in [0.25, 0.3) is 0 Å². The van der Waals surface area contributed by atoms with Crippen molar-refractivity contribution in [1.82, 2.24) is 10.6 Å². The van der Waals surface area contributed by atoms with Gasteiger partial charge in [0.2, 0.25) is 0 Å². The van der Waals surface area contributed by atoms with Gasteiger partial charge in [-0.15, -0.1) is 0 Å². The van der Waals surface area contributed by atoms with Crippen LogP contribution in [0, 0.1) is 11.3 Å². The first-order valence-corrected chi connectivity index (χ1v) is 7.76. The fourth-order valence-corrected chi connectivity index (χ4v) is 3.63. The van der Waals surface area contributed by atoms with Crippen LogP contribution >= 0.6 is 11.8 Å². The first kappa shape index (κ1) is 12.7. The van der Waals surface area contributed by atoms with Gasteiger partial charge in [0.1, 0.15) is 0 Å². The van der Waals surface area contributed by atoms with Crippen LogP contribution in [0.4, 0.5) is 0 Å². The lowest BCUT2D eigenvalue weighted by Crippen LogP contribution is -2.30. The highest BCUT2D eigenvalue weighted by Crippen LogP contribution is 2.50. The third-order valence-corrected chi connectivity index (χ3v) is 5.41. The van der Waals surface area contributed by atoms with E-state index in [4.69, 9.17) is 0 Å². The standard InChI is InChI=1S/C13H26N2S/c1-13(2)9-11(13)10-15-7-8-16-12-3-5-14-6-4-12/h11-12,14-15H,3-10H2,1-2H3. The molecule has 0 spiro atoms. The second-order valence-electron chi connectivity index (χ2n) is 5.91. The predicted octanol–water partition coefficient (Wildman–Crippen LogP) is 2.11. The van der Waals surface area contributed by atoms with E-state index in [0.29, 0.717) is 5.41 Å². The maximum absolute atomic E-state index is 3.61. The Balaban J connectivity index is 1.43. The number of hydrogen-bond donors (Lipinski definition) is 2. The number of hydrogen-bond acceptors (Lipinski definition) is 3. The van der Waals surface area contributed by atoms with E-state index < -0.39 is 0 Å². The van der Waals surface area contributed by atoms with Crippen molar-refractivity contribution in [2.24, 2.45) is 11.3 Å². The Hall–Kier alpha value is 0.270. The summed E-state index contributed by atoms with van der Waals surface area (Å²) in [4.78, 5) is 0. The zero-order valence-corrected chi connectivity index (χ0v) is 11.5. The van der Waals surface area contributed by atoms with Crippen LogP contribution in [-0.4, -0.2) is 37.2 Å². The molecule has 0 amide bonds. The minimum absolute atomic E-state index is 0.634. The summed E-state index contributed by atoms with van der Waals surface area (Å²) in [5, 5.41) is 7.94. The molecule has 1 saturated heterocycles. The van der Waals surface area contributed by atoms with E-state index in [9.17, 15) is 0 Å². The monoisotopic (exact) mass is 242 g/mol. The number of rotatable bonds is 6. The van der Waals surface area contributed by atoms with Crippen LogP contribution < -0.4 is 10.6 Å². The molecular formula is C13H26N2S. The second kappa shape index (κ2) is 5.74. The van der Waals surface area contributed by atoms with E-state index in [1.807, 2.05) is 0 Å². The second-order valence-corrected chi connectivity index (χ2v) is 7.32. The Labute approximate surface area is 104 Å². The van der Waals surface area contributed by atoms with Gasteiger partial charge in [-0.1, -0.05) is 13.8 Å². The molecule has 2 aliphatic rings. The topological polar surface area (TPSA) is 24.1 Å². The van der Waals surface area contributed by atoms with E-state index >= 15 is 0 Å². The summed E-state index contributed by atoms with van der Waals surface area (Å²) in [6.45, 7) is 9.63. The smallest absolute Gasteiger partial charge is 0.00716 e. The fraction of sp³-hybridized carbons (Fsp3) is 1.00. The molecule has 2 rings (SSSR count). The summed E-state index contributed by atoms with van der Waals surface area (Å²) in [6, 6.07) is 0. The van der Waals surface area contributed by atoms with Gasteiger partial charge in [0.15, 0.2) is 0 Å². The lowest BCUT2D eigenvalue weighted by atomic mass is 10.1. The molecule has 1 saturated carbocycles. The molecule has 94 valence electrons. The highest BCUT2D eigenvalue weighted by Gasteiger charge is 2.44. The molecular weight excluding hydrogens is 216 g/mol. The summed E-state index contributed by atoms with van der Waals surface area (Å²) in [5.74, 6) is 2.23. The van der Waals surface area contributed by atoms with Crippen molar-refractivity contribution in [2.75, 3.05) is 31.9 Å². The molecule has 0 aromatic carbocycles. The van der Waals surface area contributed by atoms with Crippen molar-refractivity contribution in [1.29, 1.82) is 0 Å². The van der Waals surface area contributed by atoms with Crippen molar-refractivity contribution in [3.63, 3.8) is 0 Å². The average molecular weight is 242 g/mol. The summed E-state index contributed by atoms with van der Waals surface area (Å²) in [5.41, 5.74) is 0.634. The molecule has 0 radical (unpaired) electrons. The Bertz CT molecular complexity index is 212. The van der Waals surface area contributed by atoms with Crippen molar-refractivity contribution >= 4 is 11.8 Å². The minimum atomic E-state index is 0.634. The van der Waals surface area contributed by atoms with Gasteiger partial charge in [-0.3, -0.25) is 0 Å². The molecule has 1 heterocycles. The Kier molecular flexibility index (Phi) is 4.57. The summed E-state index contributed by atoms with van der Waals surface area (Å²) in [7, 11) is 0. The molecule has 2 N–H and O–H groups in total. The van der Waals surface area contributed by atoms with Gasteiger partial charge in [0, 0.05) is 17.5 Å². The van der Waals surface area contributed by atoms with Crippen LogP contribution in [0.15, 0.2) is 0 Å². The molecule has 1 atom stereocenters. The van der Waals surface area contributed by atoms with Crippen LogP contribution in [0.1, 0.15) is 33.1 Å². The van der Waals surface area contributed by atoms with Gasteiger partial charge in [-0.2, -0.15) is 11.8 Å². The van der Waals surface area contributed by atoms with Crippen LogP contribution in [0.3, 0.4) is 0 Å². The average Bonchev–Trinajstić information content (AvgIpc) is 2.87. The third-order valence-electron chi connectivity index (χ3n) is 4.03. The highest BCUT2D eigenvalue weighted by molar-refractivity contribution is 7.99. The van der Waals surface area contributed by atoms with Gasteiger partial charge in [0.05, 0.1) is 0 Å². The van der Waals surface area contributed by atoms with Crippen molar-refractivity contribution in [2.45, 2.75) is 38.4 Å². The maximum atomic E-state index is 3.61. The largest absolute Gasteiger partial charge is 0.317 e. The summed E-state index contributed by atoms with van der Waals surface area (Å²) in [6.07, 6.45) is 4.14. The molecule has 0 aromatic heterocycles. The lowest BCUT2D eigenvalue weighted by molar-refractivity contribution is 0.524. The molecule has 0 bridgehead atoms. The van der Waals surface area contributed by atoms with Crippen molar-refractivity contribution < 1.29 is 0 Å². The Morgan fingerprint density at radius 3 is 2.62 bits per heavy atom. The Morgan fingerprint density at radius 2 is 2.00 bits per heavy atom. The molecule has 2 fully saturated rings. The molecule has 1 aliphatic heterocycles. The van der Waals surface area contributed by atoms with Gasteiger partial charge >= 0.3 is 0 Å². The first-order chi connectivity index (χ1) is 7.68. The SMILES string of the molecule is CC1(C)CC1CNCCSC1CCNCC1. The Morgan fingerprint density at radius 1 is 1.31 bits per heavy atom. The van der Waals surface area contributed by atoms with Gasteiger partial charge in [-0.25, -0.2) is 0 Å². The summed E-state index contributed by atoms with van der Waals surface area (Å²) >= 11 is 2.17. The normalized spacial score (nSPS) is 29.2. The number of thioether (sulfide) groups is 1. The zero-order chi connectivity index (χ0) is 11.4. The fourth-order valence-electron chi connectivity index (χ4n) is 2.46. The molecule has 3 heteroatoms. The summed E-state index contributed by atoms with van der Waals surface area (Å²) < 4.78 is 0. The molecule has 0 aromatic rings. The van der Waals surface area contributed by atoms with Crippen LogP contribution in [0.5, 0.6) is 0 Å². The van der Waals surface area contributed by atoms with E-state index in [1.54, 1.807) is 0 Å². The minimum Gasteiger partial charge on any atom is -0.317 e. The molecule has 16 heavy (non-hydrogen) atoms. The zero-order valence-electron chi connectivity index (χ0n) is 10.7. The van der Waals surface area contributed by atoms with Crippen LogP contribution in [0.2, 0.25) is 0 Å². The lowest BCUT2D eigenvalue weighted by Gasteiger charge is -2.22. The van der Waals surface area contributed by atoms with Gasteiger partial charge in [0.25, 0.3) is 0 Å². The number of piperidine rings is 1. The van der Waals surface area contributed by atoms with E-state index in [-0.39, 0.29) is 0 Å². The molecule has 1 aliphatic carbocycles. The van der Waals surface area contributed by atoms with Gasteiger partial charge in [-0.05, 0) is 50.2 Å². The maximum Gasteiger partial charge on any atom is 0.00716 e. The molecule has 1 unspecified atom stereocenters. The van der Waals surface area contributed by atoms with E-state index in [0.717, 1.165) is 11.2 Å². The first-order valence-electron chi connectivity index (χ1n) is 6.71. The predicted molar refractivity (Wildman–Crippen MR) is 73.1 cm³/mol. The van der Waals surface area contributed by atoms with Crippen molar-refractivity contribution in [3.8, 4) is 0 Å². The third kappa shape index (κ3) is 3.94. The van der Waals surface area contributed by atoms with Gasteiger partial charge < -0.3 is 10.6 Å². The number of nitrogens with one attached hydrogen (secondary N) is 2. The van der Waals surface area contributed by atoms with Crippen molar-refractivity contribution in [3.05, 3.63) is 0 Å². The molecule has 2 nitrogen and oxygen atoms in total.